The summed E-state index contributed by atoms with van der Waals surface area (Å²) in [6.07, 6.45) is 0. The van der Waals surface area contributed by atoms with Crippen LogP contribution in [0.25, 0.3) is 0 Å². The Hall–Kier alpha value is -1.51. The first-order chi connectivity index (χ1) is 8.25. The first-order valence-electron chi connectivity index (χ1n) is 5.55. The van der Waals surface area contributed by atoms with Crippen LogP contribution in [0.4, 0.5) is 0 Å². The number of aromatic hydroxyl groups is 1. The minimum atomic E-state index is 0.0323. The Kier molecular flexibility index (Phi) is 2.54. The van der Waals surface area contributed by atoms with Crippen molar-refractivity contribution < 1.29 is 5.11 Å². The Labute approximate surface area is 105 Å². The second-order valence-corrected chi connectivity index (χ2v) is 4.65. The third-order valence-corrected chi connectivity index (χ3v) is 3.40. The van der Waals surface area contributed by atoms with Crippen LogP contribution in [0, 0.1) is 0 Å². The molecule has 17 heavy (non-hydrogen) atoms. The summed E-state index contributed by atoms with van der Waals surface area (Å²) in [5.74, 6) is 0.281. The minimum absolute atomic E-state index is 0.0323. The fraction of sp³-hybridized carbons (Fsp3) is 0.143. The van der Waals surface area contributed by atoms with Crippen molar-refractivity contribution in [1.82, 2.24) is 5.32 Å². The molecule has 2 aromatic rings. The van der Waals surface area contributed by atoms with Crippen LogP contribution in [0.5, 0.6) is 5.75 Å². The molecule has 2 aromatic carbocycles. The Morgan fingerprint density at radius 1 is 1.12 bits per heavy atom. The molecule has 2 nitrogen and oxygen atoms in total. The highest BCUT2D eigenvalue weighted by molar-refractivity contribution is 6.30. The smallest absolute Gasteiger partial charge is 0.120 e. The molecule has 2 N–H and O–H groups in total. The highest BCUT2D eigenvalue weighted by Crippen LogP contribution is 2.36. The van der Waals surface area contributed by atoms with Crippen LogP contribution in [-0.2, 0) is 6.54 Å². The van der Waals surface area contributed by atoms with Crippen LogP contribution in [0.2, 0.25) is 5.02 Å². The molecule has 0 aromatic heterocycles. The molecule has 1 aliphatic rings. The highest BCUT2D eigenvalue weighted by atomic mass is 35.5. The number of phenols is 1. The molecule has 0 fully saturated rings. The Balaban J connectivity index is 2.10. The van der Waals surface area contributed by atoms with Gasteiger partial charge in [0.2, 0.25) is 0 Å². The molecular formula is C14H12ClNO. The molecule has 0 aliphatic carbocycles. The summed E-state index contributed by atoms with van der Waals surface area (Å²) >= 11 is 5.98. The van der Waals surface area contributed by atoms with E-state index in [1.807, 2.05) is 18.2 Å². The number of phenolic OH excluding ortho intramolecular Hbond substituents is 1. The van der Waals surface area contributed by atoms with Gasteiger partial charge in [0.25, 0.3) is 0 Å². The van der Waals surface area contributed by atoms with E-state index in [9.17, 15) is 5.11 Å². The number of halogens is 1. The van der Waals surface area contributed by atoms with Crippen LogP contribution >= 0.6 is 11.6 Å². The van der Waals surface area contributed by atoms with Crippen molar-refractivity contribution in [2.24, 2.45) is 0 Å². The van der Waals surface area contributed by atoms with Gasteiger partial charge < -0.3 is 10.4 Å². The highest BCUT2D eigenvalue weighted by Gasteiger charge is 2.24. The first-order valence-corrected chi connectivity index (χ1v) is 5.93. The van der Waals surface area contributed by atoms with E-state index in [-0.39, 0.29) is 11.8 Å². The van der Waals surface area contributed by atoms with Crippen LogP contribution in [0.15, 0.2) is 42.5 Å². The lowest BCUT2D eigenvalue weighted by Gasteiger charge is -2.14. The molecule has 0 saturated heterocycles. The summed E-state index contributed by atoms with van der Waals surface area (Å²) in [4.78, 5) is 0. The zero-order valence-corrected chi connectivity index (χ0v) is 9.91. The first kappa shape index (κ1) is 10.6. The van der Waals surface area contributed by atoms with Crippen molar-refractivity contribution in [2.75, 3.05) is 0 Å². The van der Waals surface area contributed by atoms with Gasteiger partial charge in [0.1, 0.15) is 5.75 Å². The predicted molar refractivity (Wildman–Crippen MR) is 68.2 cm³/mol. The average Bonchev–Trinajstić information content (AvgIpc) is 2.76. The number of rotatable bonds is 1. The number of hydrogen-bond acceptors (Lipinski definition) is 2. The molecule has 1 aliphatic heterocycles. The standard InChI is InChI=1S/C14H12ClNO/c15-10-5-6-13(17)12(7-10)14-11-4-2-1-3-9(11)8-16-14/h1-7,14,16-17H,8H2. The Morgan fingerprint density at radius 2 is 1.94 bits per heavy atom. The molecule has 86 valence electrons. The van der Waals surface area contributed by atoms with E-state index in [4.69, 9.17) is 11.6 Å². The number of hydrogen-bond donors (Lipinski definition) is 2. The van der Waals surface area contributed by atoms with Crippen molar-refractivity contribution in [2.45, 2.75) is 12.6 Å². The second-order valence-electron chi connectivity index (χ2n) is 4.22. The van der Waals surface area contributed by atoms with Gasteiger partial charge in [0.05, 0.1) is 6.04 Å². The molecule has 0 bridgehead atoms. The van der Waals surface area contributed by atoms with Crippen LogP contribution in [-0.4, -0.2) is 5.11 Å². The number of benzene rings is 2. The molecule has 0 radical (unpaired) electrons. The lowest BCUT2D eigenvalue weighted by molar-refractivity contribution is 0.460. The zero-order chi connectivity index (χ0) is 11.8. The van der Waals surface area contributed by atoms with Crippen LogP contribution in [0.3, 0.4) is 0 Å². The maximum atomic E-state index is 9.92. The normalized spacial score (nSPS) is 18.1. The molecule has 0 saturated carbocycles. The van der Waals surface area contributed by atoms with E-state index in [1.165, 1.54) is 11.1 Å². The fourth-order valence-corrected chi connectivity index (χ4v) is 2.51. The molecule has 0 spiro atoms. The molecule has 1 unspecified atom stereocenters. The quantitative estimate of drug-likeness (QED) is 0.809. The van der Waals surface area contributed by atoms with Gasteiger partial charge in [-0.05, 0) is 29.3 Å². The SMILES string of the molecule is Oc1ccc(Cl)cc1C1NCc2ccccc21. The van der Waals surface area contributed by atoms with Gasteiger partial charge in [-0.1, -0.05) is 35.9 Å². The van der Waals surface area contributed by atoms with Gasteiger partial charge >= 0.3 is 0 Å². The summed E-state index contributed by atoms with van der Waals surface area (Å²) in [5.41, 5.74) is 3.32. The van der Waals surface area contributed by atoms with Crippen molar-refractivity contribution in [3.63, 3.8) is 0 Å². The fourth-order valence-electron chi connectivity index (χ4n) is 2.33. The summed E-state index contributed by atoms with van der Waals surface area (Å²) in [7, 11) is 0. The third kappa shape index (κ3) is 1.79. The van der Waals surface area contributed by atoms with E-state index in [0.29, 0.717) is 5.02 Å². The van der Waals surface area contributed by atoms with Crippen molar-refractivity contribution in [3.05, 3.63) is 64.2 Å². The van der Waals surface area contributed by atoms with E-state index >= 15 is 0 Å². The van der Waals surface area contributed by atoms with Gasteiger partial charge in [-0.3, -0.25) is 0 Å². The largest absolute Gasteiger partial charge is 0.508 e. The van der Waals surface area contributed by atoms with Crippen molar-refractivity contribution in [3.8, 4) is 5.75 Å². The zero-order valence-electron chi connectivity index (χ0n) is 9.15. The summed E-state index contributed by atoms with van der Waals surface area (Å²) in [6.45, 7) is 0.826. The monoisotopic (exact) mass is 245 g/mol. The van der Waals surface area contributed by atoms with Gasteiger partial charge in [-0.15, -0.1) is 0 Å². The maximum Gasteiger partial charge on any atom is 0.120 e. The minimum Gasteiger partial charge on any atom is -0.508 e. The maximum absolute atomic E-state index is 9.92. The lowest BCUT2D eigenvalue weighted by atomic mass is 9.98. The summed E-state index contributed by atoms with van der Waals surface area (Å²) in [6, 6.07) is 13.4. The van der Waals surface area contributed by atoms with E-state index in [2.05, 4.69) is 17.4 Å². The topological polar surface area (TPSA) is 32.3 Å². The van der Waals surface area contributed by atoms with Crippen LogP contribution in [0.1, 0.15) is 22.7 Å². The predicted octanol–water partition coefficient (Wildman–Crippen LogP) is 3.24. The Bertz CT molecular complexity index is 568. The number of fused-ring (bicyclic) bond motifs is 1. The van der Waals surface area contributed by atoms with Crippen molar-refractivity contribution in [1.29, 1.82) is 0 Å². The lowest BCUT2D eigenvalue weighted by Crippen LogP contribution is -2.13. The van der Waals surface area contributed by atoms with Crippen LogP contribution < -0.4 is 5.32 Å². The Morgan fingerprint density at radius 3 is 2.82 bits per heavy atom. The second kappa shape index (κ2) is 4.06. The van der Waals surface area contributed by atoms with E-state index < -0.39 is 0 Å². The summed E-state index contributed by atoms with van der Waals surface area (Å²) in [5, 5.41) is 14.0. The van der Waals surface area contributed by atoms with Gasteiger partial charge in [-0.25, -0.2) is 0 Å². The molecule has 1 heterocycles. The van der Waals surface area contributed by atoms with E-state index in [1.54, 1.807) is 12.1 Å². The molecular weight excluding hydrogens is 234 g/mol. The van der Waals surface area contributed by atoms with E-state index in [0.717, 1.165) is 12.1 Å². The molecule has 1 atom stereocenters. The van der Waals surface area contributed by atoms with Gasteiger partial charge in [-0.2, -0.15) is 0 Å². The molecule has 0 amide bonds. The van der Waals surface area contributed by atoms with Crippen molar-refractivity contribution >= 4 is 11.6 Å². The number of nitrogens with one attached hydrogen (secondary N) is 1. The molecule has 3 heteroatoms. The molecule has 3 rings (SSSR count). The third-order valence-electron chi connectivity index (χ3n) is 3.16. The van der Waals surface area contributed by atoms with Gasteiger partial charge in [0.15, 0.2) is 0 Å². The average molecular weight is 246 g/mol. The van der Waals surface area contributed by atoms with Gasteiger partial charge in [0, 0.05) is 17.1 Å². The summed E-state index contributed by atoms with van der Waals surface area (Å²) < 4.78 is 0.